The predicted molar refractivity (Wildman–Crippen MR) is 66.9 cm³/mol. The van der Waals surface area contributed by atoms with Crippen molar-refractivity contribution in [2.45, 2.75) is 46.1 Å². The average Bonchev–Trinajstić information content (AvgIpc) is 2.28. The summed E-state index contributed by atoms with van der Waals surface area (Å²) in [5.74, 6) is 5.40. The maximum Gasteiger partial charge on any atom is 0.0806 e. The van der Waals surface area contributed by atoms with Crippen LogP contribution in [0.1, 0.15) is 40.5 Å². The van der Waals surface area contributed by atoms with Gasteiger partial charge in [-0.1, -0.05) is 13.8 Å². The van der Waals surface area contributed by atoms with Crippen molar-refractivity contribution in [1.82, 2.24) is 4.90 Å². The van der Waals surface area contributed by atoms with Crippen molar-refractivity contribution in [2.75, 3.05) is 26.2 Å². The lowest BCUT2D eigenvalue weighted by Gasteiger charge is -2.37. The first-order valence-electron chi connectivity index (χ1n) is 6.30. The van der Waals surface area contributed by atoms with Gasteiger partial charge in [-0.25, -0.2) is 5.90 Å². The molecule has 0 radical (unpaired) electrons. The van der Waals surface area contributed by atoms with Gasteiger partial charge in [-0.3, -0.25) is 0 Å². The van der Waals surface area contributed by atoms with Gasteiger partial charge in [0.2, 0.25) is 0 Å². The molecular weight excluding hydrogens is 204 g/mol. The molecule has 0 atom stereocenters. The molecule has 0 bridgehead atoms. The molecule has 1 aliphatic heterocycles. The van der Waals surface area contributed by atoms with Crippen LogP contribution >= 0.6 is 0 Å². The predicted octanol–water partition coefficient (Wildman–Crippen LogP) is 1.39. The normalized spacial score (nSPS) is 19.1. The standard InChI is InChI=1S/C10H22N2O2.C2H6/c1-10(2,13)9-3-5-12(6-4-9)7-8-14-11;1-2/h9,13H,3-8,11H2,1-2H3;1-2H3. The molecule has 0 aromatic rings. The Kier molecular flexibility index (Phi) is 7.93. The zero-order chi connectivity index (χ0) is 12.6. The van der Waals surface area contributed by atoms with E-state index in [0.29, 0.717) is 12.5 Å². The van der Waals surface area contributed by atoms with Gasteiger partial charge in [-0.2, -0.15) is 0 Å². The number of aliphatic hydroxyl groups is 1. The molecule has 4 nitrogen and oxygen atoms in total. The van der Waals surface area contributed by atoms with Gasteiger partial charge in [-0.15, -0.1) is 0 Å². The zero-order valence-electron chi connectivity index (χ0n) is 11.2. The Labute approximate surface area is 99.7 Å². The van der Waals surface area contributed by atoms with Crippen LogP contribution < -0.4 is 5.90 Å². The van der Waals surface area contributed by atoms with Gasteiger partial charge in [0.05, 0.1) is 12.2 Å². The van der Waals surface area contributed by atoms with Crippen molar-refractivity contribution < 1.29 is 9.94 Å². The number of nitrogens with two attached hydrogens (primary N) is 1. The molecular formula is C12H28N2O2. The van der Waals surface area contributed by atoms with Gasteiger partial charge in [0.25, 0.3) is 0 Å². The molecule has 16 heavy (non-hydrogen) atoms. The highest BCUT2D eigenvalue weighted by molar-refractivity contribution is 4.82. The Morgan fingerprint density at radius 3 is 2.19 bits per heavy atom. The number of hydrogen-bond acceptors (Lipinski definition) is 4. The van der Waals surface area contributed by atoms with E-state index in [0.717, 1.165) is 32.5 Å². The van der Waals surface area contributed by atoms with Crippen LogP contribution in [0.5, 0.6) is 0 Å². The van der Waals surface area contributed by atoms with Crippen LogP contribution in [0.2, 0.25) is 0 Å². The summed E-state index contributed by atoms with van der Waals surface area (Å²) in [6.45, 7) is 11.4. The summed E-state index contributed by atoms with van der Waals surface area (Å²) in [7, 11) is 0. The van der Waals surface area contributed by atoms with Gasteiger partial charge < -0.3 is 14.8 Å². The van der Waals surface area contributed by atoms with Crippen molar-refractivity contribution in [2.24, 2.45) is 11.8 Å². The minimum absolute atomic E-state index is 0.428. The van der Waals surface area contributed by atoms with Crippen molar-refractivity contribution in [1.29, 1.82) is 0 Å². The second kappa shape index (κ2) is 8.01. The summed E-state index contributed by atoms with van der Waals surface area (Å²) in [5, 5.41) is 9.84. The van der Waals surface area contributed by atoms with Gasteiger partial charge in [-0.05, 0) is 45.7 Å². The highest BCUT2D eigenvalue weighted by Gasteiger charge is 2.30. The molecule has 1 fully saturated rings. The third-order valence-electron chi connectivity index (χ3n) is 3.11. The number of likely N-dealkylation sites (tertiary alicyclic amines) is 1. The Balaban J connectivity index is 0.00000106. The third-order valence-corrected chi connectivity index (χ3v) is 3.11. The molecule has 3 N–H and O–H groups in total. The summed E-state index contributed by atoms with van der Waals surface area (Å²) >= 11 is 0. The lowest BCUT2D eigenvalue weighted by atomic mass is 9.83. The van der Waals surface area contributed by atoms with E-state index in [4.69, 9.17) is 5.90 Å². The van der Waals surface area contributed by atoms with Crippen molar-refractivity contribution in [3.63, 3.8) is 0 Å². The fraction of sp³-hybridized carbons (Fsp3) is 1.00. The first-order chi connectivity index (χ1) is 7.54. The molecule has 0 aliphatic carbocycles. The number of nitrogens with zero attached hydrogens (tertiary/aromatic N) is 1. The summed E-state index contributed by atoms with van der Waals surface area (Å²) in [4.78, 5) is 6.88. The third kappa shape index (κ3) is 5.80. The minimum atomic E-state index is -0.531. The van der Waals surface area contributed by atoms with Gasteiger partial charge >= 0.3 is 0 Å². The molecule has 0 aromatic heterocycles. The van der Waals surface area contributed by atoms with E-state index >= 15 is 0 Å². The Bertz CT molecular complexity index is 161. The molecule has 0 amide bonds. The molecule has 1 heterocycles. The summed E-state index contributed by atoms with van der Waals surface area (Å²) < 4.78 is 0. The van der Waals surface area contributed by atoms with Gasteiger partial charge in [0.15, 0.2) is 0 Å². The molecule has 1 rings (SSSR count). The van der Waals surface area contributed by atoms with Crippen molar-refractivity contribution >= 4 is 0 Å². The summed E-state index contributed by atoms with van der Waals surface area (Å²) in [5.41, 5.74) is -0.531. The zero-order valence-corrected chi connectivity index (χ0v) is 11.2. The highest BCUT2D eigenvalue weighted by Crippen LogP contribution is 2.27. The quantitative estimate of drug-likeness (QED) is 0.719. The number of rotatable bonds is 4. The molecule has 0 spiro atoms. The van der Waals surface area contributed by atoms with Crippen LogP contribution in [-0.4, -0.2) is 41.8 Å². The molecule has 1 aliphatic rings. The molecule has 0 aromatic carbocycles. The number of hydrogen-bond donors (Lipinski definition) is 2. The fourth-order valence-corrected chi connectivity index (χ4v) is 2.04. The van der Waals surface area contributed by atoms with Crippen LogP contribution in [-0.2, 0) is 4.84 Å². The van der Waals surface area contributed by atoms with Crippen LogP contribution in [0.3, 0.4) is 0 Å². The maximum absolute atomic E-state index is 9.84. The maximum atomic E-state index is 9.84. The molecule has 98 valence electrons. The topological polar surface area (TPSA) is 58.7 Å². The van der Waals surface area contributed by atoms with Crippen LogP contribution in [0.15, 0.2) is 0 Å². The van der Waals surface area contributed by atoms with Crippen LogP contribution in [0.25, 0.3) is 0 Å². The first-order valence-corrected chi connectivity index (χ1v) is 6.30. The van der Waals surface area contributed by atoms with E-state index in [1.54, 1.807) is 0 Å². The van der Waals surface area contributed by atoms with Crippen molar-refractivity contribution in [3.05, 3.63) is 0 Å². The smallest absolute Gasteiger partial charge is 0.0806 e. The SMILES string of the molecule is CC.CC(C)(O)C1CCN(CCON)CC1. The summed E-state index contributed by atoms with van der Waals surface area (Å²) in [6.07, 6.45) is 2.13. The van der Waals surface area contributed by atoms with Gasteiger partial charge in [0, 0.05) is 6.54 Å². The van der Waals surface area contributed by atoms with E-state index in [2.05, 4.69) is 9.74 Å². The second-order valence-corrected chi connectivity index (χ2v) is 4.64. The summed E-state index contributed by atoms with van der Waals surface area (Å²) in [6, 6.07) is 0. The van der Waals surface area contributed by atoms with E-state index in [1.807, 2.05) is 27.7 Å². The molecule has 0 saturated carbocycles. The second-order valence-electron chi connectivity index (χ2n) is 4.64. The van der Waals surface area contributed by atoms with E-state index < -0.39 is 5.60 Å². The molecule has 1 saturated heterocycles. The van der Waals surface area contributed by atoms with Crippen LogP contribution in [0, 0.1) is 5.92 Å². The van der Waals surface area contributed by atoms with E-state index in [-0.39, 0.29) is 0 Å². The molecule has 4 heteroatoms. The van der Waals surface area contributed by atoms with E-state index in [9.17, 15) is 5.11 Å². The highest BCUT2D eigenvalue weighted by atomic mass is 16.6. The Hall–Kier alpha value is -0.160. The van der Waals surface area contributed by atoms with Crippen LogP contribution in [0.4, 0.5) is 0 Å². The van der Waals surface area contributed by atoms with Crippen molar-refractivity contribution in [3.8, 4) is 0 Å². The lowest BCUT2D eigenvalue weighted by Crippen LogP contribution is -2.42. The average molecular weight is 232 g/mol. The first kappa shape index (κ1) is 15.8. The lowest BCUT2D eigenvalue weighted by molar-refractivity contribution is -0.0162. The van der Waals surface area contributed by atoms with Gasteiger partial charge in [0.1, 0.15) is 0 Å². The number of piperidine rings is 1. The largest absolute Gasteiger partial charge is 0.390 e. The molecule has 0 unspecified atom stereocenters. The monoisotopic (exact) mass is 232 g/mol. The fourth-order valence-electron chi connectivity index (χ4n) is 2.04. The Morgan fingerprint density at radius 1 is 1.31 bits per heavy atom. The van der Waals surface area contributed by atoms with E-state index in [1.165, 1.54) is 0 Å². The minimum Gasteiger partial charge on any atom is -0.390 e. The Morgan fingerprint density at radius 2 is 1.81 bits per heavy atom.